The lowest BCUT2D eigenvalue weighted by Gasteiger charge is -2.16. The number of ether oxygens (including phenoxy) is 1. The van der Waals surface area contributed by atoms with Crippen LogP contribution in [0.4, 0.5) is 20.3 Å². The number of rotatable bonds is 13. The Bertz CT molecular complexity index is 1610. The van der Waals surface area contributed by atoms with E-state index in [-0.39, 0.29) is 36.9 Å². The van der Waals surface area contributed by atoms with Crippen LogP contribution in [0.2, 0.25) is 0 Å². The molecule has 2 atom stereocenters. The summed E-state index contributed by atoms with van der Waals surface area (Å²) in [4.78, 5) is 33.5. The first kappa shape index (κ1) is 31.3. The maximum Gasteiger partial charge on any atom is 0.251 e. The quantitative estimate of drug-likeness (QED) is 0.134. The van der Waals surface area contributed by atoms with Crippen molar-refractivity contribution in [3.63, 3.8) is 0 Å². The average molecular weight is 597 g/mol. The first-order valence-corrected chi connectivity index (χ1v) is 13.6. The summed E-state index contributed by atoms with van der Waals surface area (Å²) in [5.74, 6) is -2.81. The zero-order chi connectivity index (χ0) is 31.1. The van der Waals surface area contributed by atoms with E-state index in [1.54, 1.807) is 28.8 Å². The van der Waals surface area contributed by atoms with Crippen LogP contribution in [-0.4, -0.2) is 70.2 Å². The molecule has 0 aliphatic rings. The van der Waals surface area contributed by atoms with Gasteiger partial charge >= 0.3 is 0 Å². The van der Waals surface area contributed by atoms with Crippen molar-refractivity contribution >= 4 is 29.0 Å². The van der Waals surface area contributed by atoms with Crippen molar-refractivity contribution in [3.05, 3.63) is 71.7 Å². The highest BCUT2D eigenvalue weighted by molar-refractivity contribution is 5.96. The van der Waals surface area contributed by atoms with E-state index in [9.17, 15) is 23.5 Å². The van der Waals surface area contributed by atoms with Crippen LogP contribution in [0.15, 0.2) is 48.9 Å². The van der Waals surface area contributed by atoms with Crippen LogP contribution >= 0.6 is 0 Å². The lowest BCUT2D eigenvalue weighted by Crippen LogP contribution is -2.46. The normalized spacial score (nSPS) is 12.5. The molecule has 0 aliphatic heterocycles. The highest BCUT2D eigenvalue weighted by atomic mass is 19.2. The van der Waals surface area contributed by atoms with Gasteiger partial charge in [-0.15, -0.1) is 0 Å². The molecule has 0 saturated heterocycles. The Hall–Kier alpha value is -4.66. The molecular formula is C29H34F2N8O4. The summed E-state index contributed by atoms with van der Waals surface area (Å²) in [5.41, 5.74) is 13.6. The topological polar surface area (TPSA) is 182 Å². The van der Waals surface area contributed by atoms with Crippen LogP contribution in [-0.2, 0) is 11.2 Å². The van der Waals surface area contributed by atoms with Crippen molar-refractivity contribution < 1.29 is 28.2 Å². The van der Waals surface area contributed by atoms with E-state index in [1.807, 2.05) is 6.92 Å². The van der Waals surface area contributed by atoms with Crippen LogP contribution in [0.3, 0.4) is 0 Å². The molecule has 0 aliphatic carbocycles. The number of amides is 2. The van der Waals surface area contributed by atoms with Crippen molar-refractivity contribution in [1.82, 2.24) is 25.0 Å². The van der Waals surface area contributed by atoms with E-state index in [2.05, 4.69) is 25.9 Å². The second-order valence-electron chi connectivity index (χ2n) is 9.70. The zero-order valence-corrected chi connectivity index (χ0v) is 23.7. The number of anilines is 2. The number of fused-ring (bicyclic) bond motifs is 1. The fraction of sp³-hybridized carbons (Fsp3) is 0.310. The van der Waals surface area contributed by atoms with Crippen LogP contribution in [0.1, 0.15) is 29.3 Å². The molecule has 8 N–H and O–H groups in total. The molecule has 14 heteroatoms. The molecule has 228 valence electrons. The maximum atomic E-state index is 14.8. The highest BCUT2D eigenvalue weighted by Gasteiger charge is 2.20. The second-order valence-corrected chi connectivity index (χ2v) is 9.70. The average Bonchev–Trinajstić information content (AvgIpc) is 3.44. The Kier molecular flexibility index (Phi) is 10.2. The number of aromatic nitrogens is 3. The zero-order valence-electron chi connectivity index (χ0n) is 23.7. The number of hydrogen-bond acceptors (Lipinski definition) is 9. The summed E-state index contributed by atoms with van der Waals surface area (Å²) >= 11 is 0. The molecule has 0 spiro atoms. The van der Waals surface area contributed by atoms with Gasteiger partial charge in [-0.3, -0.25) is 14.0 Å². The molecule has 0 radical (unpaired) electrons. The molecule has 0 saturated carbocycles. The molecule has 12 nitrogen and oxygen atoms in total. The van der Waals surface area contributed by atoms with Gasteiger partial charge in [-0.1, -0.05) is 6.92 Å². The minimum absolute atomic E-state index is 0.00857. The summed E-state index contributed by atoms with van der Waals surface area (Å²) in [6.45, 7) is 2.01. The number of aliphatic hydroxyl groups excluding tert-OH is 1. The van der Waals surface area contributed by atoms with Gasteiger partial charge in [0.1, 0.15) is 0 Å². The van der Waals surface area contributed by atoms with Gasteiger partial charge in [0, 0.05) is 42.3 Å². The monoisotopic (exact) mass is 596 g/mol. The first-order chi connectivity index (χ1) is 20.7. The molecule has 2 heterocycles. The molecule has 2 amide bonds. The Morgan fingerprint density at radius 2 is 1.88 bits per heavy atom. The number of nitrogens with one attached hydrogen (secondary N) is 3. The molecule has 0 fully saturated rings. The largest absolute Gasteiger partial charge is 0.494 e. The summed E-state index contributed by atoms with van der Waals surface area (Å²) < 4.78 is 35.6. The van der Waals surface area contributed by atoms with Crippen molar-refractivity contribution in [2.75, 3.05) is 32.1 Å². The summed E-state index contributed by atoms with van der Waals surface area (Å²) in [6, 6.07) is 7.12. The molecule has 2 aromatic carbocycles. The van der Waals surface area contributed by atoms with Gasteiger partial charge in [0.05, 0.1) is 31.1 Å². The van der Waals surface area contributed by atoms with Crippen molar-refractivity contribution in [1.29, 1.82) is 0 Å². The molecule has 4 rings (SSSR count). The maximum absolute atomic E-state index is 14.8. The number of aliphatic hydroxyl groups is 1. The van der Waals surface area contributed by atoms with Gasteiger partial charge in [0.15, 0.2) is 23.0 Å². The van der Waals surface area contributed by atoms with Crippen molar-refractivity contribution in [3.8, 4) is 17.0 Å². The number of carbonyl (C=O) groups is 2. The number of aryl methyl sites for hydroxylation is 1. The molecule has 43 heavy (non-hydrogen) atoms. The third-order valence-electron chi connectivity index (χ3n) is 6.79. The smallest absolute Gasteiger partial charge is 0.251 e. The predicted octanol–water partition coefficient (Wildman–Crippen LogP) is 1.87. The molecular weight excluding hydrogens is 562 g/mol. The number of imidazole rings is 1. The molecule has 4 aromatic rings. The van der Waals surface area contributed by atoms with Crippen LogP contribution < -0.4 is 32.2 Å². The van der Waals surface area contributed by atoms with Crippen LogP contribution in [0, 0.1) is 11.6 Å². The number of nitrogens with two attached hydrogens (primary N) is 2. The summed E-state index contributed by atoms with van der Waals surface area (Å²) in [5, 5.41) is 18.6. The minimum atomic E-state index is -1.09. The lowest BCUT2D eigenvalue weighted by atomic mass is 10.0. The van der Waals surface area contributed by atoms with E-state index < -0.39 is 29.7 Å². The van der Waals surface area contributed by atoms with Gasteiger partial charge < -0.3 is 37.3 Å². The third-order valence-corrected chi connectivity index (χ3v) is 6.79. The van der Waals surface area contributed by atoms with E-state index in [0.717, 1.165) is 5.56 Å². The number of hydrogen-bond donors (Lipinski definition) is 6. The minimum Gasteiger partial charge on any atom is -0.494 e. The van der Waals surface area contributed by atoms with Gasteiger partial charge in [-0.2, -0.15) is 4.39 Å². The van der Waals surface area contributed by atoms with Crippen LogP contribution in [0.25, 0.3) is 16.9 Å². The fourth-order valence-corrected chi connectivity index (χ4v) is 4.45. The first-order valence-electron chi connectivity index (χ1n) is 13.6. The van der Waals surface area contributed by atoms with Gasteiger partial charge in [0.2, 0.25) is 11.7 Å². The van der Waals surface area contributed by atoms with E-state index in [4.69, 9.17) is 16.2 Å². The predicted molar refractivity (Wildman–Crippen MR) is 157 cm³/mol. The van der Waals surface area contributed by atoms with Gasteiger partial charge in [0.25, 0.3) is 5.91 Å². The van der Waals surface area contributed by atoms with Gasteiger partial charge in [-0.25, -0.2) is 14.4 Å². The fourth-order valence-electron chi connectivity index (χ4n) is 4.45. The number of halogens is 2. The van der Waals surface area contributed by atoms with Gasteiger partial charge in [-0.05, 0) is 55.3 Å². The number of nitrogens with zero attached hydrogens (tertiary/aromatic N) is 3. The second kappa shape index (κ2) is 14.0. The Morgan fingerprint density at radius 3 is 2.60 bits per heavy atom. The van der Waals surface area contributed by atoms with Crippen molar-refractivity contribution in [2.45, 2.75) is 31.9 Å². The lowest BCUT2D eigenvalue weighted by molar-refractivity contribution is -0.122. The van der Waals surface area contributed by atoms with E-state index in [1.165, 1.54) is 31.6 Å². The molecule has 0 bridgehead atoms. The Balaban J connectivity index is 1.46. The third kappa shape index (κ3) is 7.05. The number of carbonyl (C=O) groups excluding carboxylic acids is 2. The van der Waals surface area contributed by atoms with Crippen molar-refractivity contribution in [2.24, 2.45) is 11.5 Å². The SMILES string of the molecule is CCc1cc(Nc2nccn3c(-c4ccc(OC)c(F)c4F)cnc23)ccc1C(=O)NC[C@@H](O)CNC(=O)[C@H](N)CCN. The molecule has 2 aromatic heterocycles. The Morgan fingerprint density at radius 1 is 1.12 bits per heavy atom. The Labute approximate surface area is 246 Å². The standard InChI is InChI=1S/C29H34F2N8O4/c1-3-16-12-17(4-5-19(16)28(41)36-13-18(40)14-37-29(42)21(33)8-9-32)38-26-27-35-15-22(39(27)11-10-34-26)20-6-7-23(43-2)25(31)24(20)30/h4-7,10-12,15,18,21,40H,3,8-9,13-14,32-33H2,1-2H3,(H,34,38)(H,36,41)(H,37,42)/t18-,21-/m1/s1. The van der Waals surface area contributed by atoms with E-state index >= 15 is 0 Å². The highest BCUT2D eigenvalue weighted by Crippen LogP contribution is 2.31. The molecule has 0 unspecified atom stereocenters. The van der Waals surface area contributed by atoms with Crippen LogP contribution in [0.5, 0.6) is 5.75 Å². The summed E-state index contributed by atoms with van der Waals surface area (Å²) in [6.07, 6.45) is 4.35. The number of methoxy groups -OCH3 is 1. The van der Waals surface area contributed by atoms with E-state index in [0.29, 0.717) is 41.3 Å². The summed E-state index contributed by atoms with van der Waals surface area (Å²) in [7, 11) is 1.26. The number of benzene rings is 2.